The minimum atomic E-state index is -0.398. The number of benzene rings is 1. The summed E-state index contributed by atoms with van der Waals surface area (Å²) in [5.41, 5.74) is 0.508. The van der Waals surface area contributed by atoms with Crippen LogP contribution in [0.2, 0.25) is 0 Å². The monoisotopic (exact) mass is 366 g/mol. The van der Waals surface area contributed by atoms with E-state index in [1.807, 2.05) is 0 Å². The number of nitrogens with zero attached hydrogens (tertiary/aromatic N) is 1. The Bertz CT molecular complexity index is 593. The molecule has 7 heteroatoms. The molecule has 0 spiro atoms. The molecule has 0 amide bonds. The summed E-state index contributed by atoms with van der Waals surface area (Å²) < 4.78 is 21.2. The summed E-state index contributed by atoms with van der Waals surface area (Å²) in [5, 5.41) is 3.49. The average Bonchev–Trinajstić information content (AvgIpc) is 2.62. The summed E-state index contributed by atoms with van der Waals surface area (Å²) >= 11 is 0. The van der Waals surface area contributed by atoms with Crippen molar-refractivity contribution >= 4 is 5.97 Å². The Morgan fingerprint density at radius 3 is 2.35 bits per heavy atom. The minimum Gasteiger partial charge on any atom is -0.493 e. The number of esters is 1. The maximum Gasteiger partial charge on any atom is 0.338 e. The summed E-state index contributed by atoms with van der Waals surface area (Å²) in [5.74, 6) is 0.918. The second kappa shape index (κ2) is 9.09. The Labute approximate surface area is 155 Å². The molecule has 0 aromatic heterocycles. The lowest BCUT2D eigenvalue weighted by molar-refractivity contribution is 0.0476. The number of carbonyl (C=O) groups is 1. The van der Waals surface area contributed by atoms with E-state index in [1.165, 1.54) is 21.3 Å². The molecule has 1 aliphatic heterocycles. The van der Waals surface area contributed by atoms with E-state index >= 15 is 0 Å². The largest absolute Gasteiger partial charge is 0.493 e. The van der Waals surface area contributed by atoms with E-state index in [1.54, 1.807) is 12.1 Å². The standard InChI is InChI=1S/C19H30N2O5/c1-19(2)13-21(9-7-20-19)8-6-10-26-18(22)14-11-15(23-3)17(25-5)16(12-14)24-4/h11-12,20H,6-10,13H2,1-5H3. The van der Waals surface area contributed by atoms with Crippen LogP contribution in [0.4, 0.5) is 0 Å². The van der Waals surface area contributed by atoms with Crippen LogP contribution in [0.25, 0.3) is 0 Å². The maximum atomic E-state index is 12.3. The second-order valence-corrected chi connectivity index (χ2v) is 6.99. The van der Waals surface area contributed by atoms with E-state index in [4.69, 9.17) is 18.9 Å². The molecule has 1 aliphatic rings. The van der Waals surface area contributed by atoms with E-state index in [9.17, 15) is 4.79 Å². The van der Waals surface area contributed by atoms with Gasteiger partial charge in [-0.15, -0.1) is 0 Å². The molecule has 1 saturated heterocycles. The van der Waals surface area contributed by atoms with Gasteiger partial charge >= 0.3 is 5.97 Å². The first-order valence-electron chi connectivity index (χ1n) is 8.84. The molecule has 0 atom stereocenters. The van der Waals surface area contributed by atoms with Crippen LogP contribution in [-0.4, -0.2) is 70.5 Å². The molecule has 1 aromatic rings. The van der Waals surface area contributed by atoms with Gasteiger partial charge in [0.05, 0.1) is 33.5 Å². The quantitative estimate of drug-likeness (QED) is 0.557. The molecular weight excluding hydrogens is 336 g/mol. The van der Waals surface area contributed by atoms with Crippen molar-refractivity contribution in [2.45, 2.75) is 25.8 Å². The number of hydrogen-bond donors (Lipinski definition) is 1. The van der Waals surface area contributed by atoms with Crippen LogP contribution in [-0.2, 0) is 4.74 Å². The molecule has 1 fully saturated rings. The highest BCUT2D eigenvalue weighted by Crippen LogP contribution is 2.38. The van der Waals surface area contributed by atoms with Gasteiger partial charge in [-0.3, -0.25) is 0 Å². The lowest BCUT2D eigenvalue weighted by atomic mass is 10.0. The number of carbonyl (C=O) groups excluding carboxylic acids is 1. The molecule has 1 N–H and O–H groups in total. The molecule has 1 aromatic carbocycles. The number of piperazine rings is 1. The summed E-state index contributed by atoms with van der Waals surface area (Å²) in [4.78, 5) is 14.7. The highest BCUT2D eigenvalue weighted by atomic mass is 16.5. The van der Waals surface area contributed by atoms with Gasteiger partial charge in [-0.05, 0) is 32.4 Å². The molecule has 0 radical (unpaired) electrons. The first kappa shape index (κ1) is 20.3. The second-order valence-electron chi connectivity index (χ2n) is 6.99. The van der Waals surface area contributed by atoms with E-state index < -0.39 is 5.97 Å². The van der Waals surface area contributed by atoms with Gasteiger partial charge in [0.25, 0.3) is 0 Å². The third-order valence-electron chi connectivity index (χ3n) is 4.40. The first-order chi connectivity index (χ1) is 12.4. The molecular formula is C19H30N2O5. The van der Waals surface area contributed by atoms with Crippen molar-refractivity contribution in [3.05, 3.63) is 17.7 Å². The summed E-state index contributed by atoms with van der Waals surface area (Å²) in [7, 11) is 4.55. The molecule has 2 rings (SSSR count). The lowest BCUT2D eigenvalue weighted by Gasteiger charge is -2.39. The number of methoxy groups -OCH3 is 3. The van der Waals surface area contributed by atoms with Crippen LogP contribution < -0.4 is 19.5 Å². The topological polar surface area (TPSA) is 69.3 Å². The summed E-state index contributed by atoms with van der Waals surface area (Å²) in [6.07, 6.45) is 0.798. The zero-order valence-electron chi connectivity index (χ0n) is 16.4. The maximum absolute atomic E-state index is 12.3. The fraction of sp³-hybridized carbons (Fsp3) is 0.632. The molecule has 0 unspecified atom stereocenters. The van der Waals surface area contributed by atoms with E-state index in [0.717, 1.165) is 32.6 Å². The Morgan fingerprint density at radius 2 is 1.81 bits per heavy atom. The van der Waals surface area contributed by atoms with Crippen molar-refractivity contribution in [2.24, 2.45) is 0 Å². The third-order valence-corrected chi connectivity index (χ3v) is 4.40. The van der Waals surface area contributed by atoms with Crippen LogP contribution in [0.3, 0.4) is 0 Å². The molecule has 26 heavy (non-hydrogen) atoms. The van der Waals surface area contributed by atoms with Gasteiger partial charge in [0.2, 0.25) is 5.75 Å². The van der Waals surface area contributed by atoms with Gasteiger partial charge in [-0.25, -0.2) is 4.79 Å². The molecule has 0 bridgehead atoms. The van der Waals surface area contributed by atoms with E-state index in [2.05, 4.69) is 24.1 Å². The zero-order valence-corrected chi connectivity index (χ0v) is 16.4. The first-order valence-corrected chi connectivity index (χ1v) is 8.84. The Balaban J connectivity index is 1.88. The Morgan fingerprint density at radius 1 is 1.15 bits per heavy atom. The van der Waals surface area contributed by atoms with Crippen LogP contribution in [0.15, 0.2) is 12.1 Å². The van der Waals surface area contributed by atoms with Crippen molar-refractivity contribution in [3.8, 4) is 17.2 Å². The molecule has 0 aliphatic carbocycles. The summed E-state index contributed by atoms with van der Waals surface area (Å²) in [6, 6.07) is 3.20. The minimum absolute atomic E-state index is 0.130. The normalized spacial score (nSPS) is 16.8. The van der Waals surface area contributed by atoms with Gasteiger partial charge < -0.3 is 29.2 Å². The molecule has 7 nitrogen and oxygen atoms in total. The molecule has 0 saturated carbocycles. The Kier molecular flexibility index (Phi) is 7.11. The van der Waals surface area contributed by atoms with Gasteiger partial charge in [0, 0.05) is 31.7 Å². The van der Waals surface area contributed by atoms with Gasteiger partial charge in [0.1, 0.15) is 0 Å². The Hall–Kier alpha value is -1.99. The van der Waals surface area contributed by atoms with E-state index in [-0.39, 0.29) is 5.54 Å². The van der Waals surface area contributed by atoms with Crippen LogP contribution in [0, 0.1) is 0 Å². The highest BCUT2D eigenvalue weighted by Gasteiger charge is 2.25. The van der Waals surface area contributed by atoms with Crippen LogP contribution in [0.5, 0.6) is 17.2 Å². The van der Waals surface area contributed by atoms with E-state index in [0.29, 0.717) is 29.4 Å². The SMILES string of the molecule is COc1cc(C(=O)OCCCN2CCNC(C)(C)C2)cc(OC)c1OC. The fourth-order valence-electron chi connectivity index (χ4n) is 3.17. The number of nitrogens with one attached hydrogen (secondary N) is 1. The summed E-state index contributed by atoms with van der Waals surface area (Å²) in [6.45, 7) is 8.68. The predicted molar refractivity (Wildman–Crippen MR) is 99.5 cm³/mol. The molecule has 1 heterocycles. The lowest BCUT2D eigenvalue weighted by Crippen LogP contribution is -2.57. The predicted octanol–water partition coefficient (Wildman–Crippen LogP) is 1.94. The van der Waals surface area contributed by atoms with Crippen LogP contribution in [0.1, 0.15) is 30.6 Å². The number of hydrogen-bond acceptors (Lipinski definition) is 7. The zero-order chi connectivity index (χ0) is 19.2. The fourth-order valence-corrected chi connectivity index (χ4v) is 3.17. The van der Waals surface area contributed by atoms with Gasteiger partial charge in [-0.1, -0.05) is 0 Å². The average molecular weight is 366 g/mol. The van der Waals surface area contributed by atoms with Crippen molar-refractivity contribution in [1.29, 1.82) is 0 Å². The van der Waals surface area contributed by atoms with Crippen LogP contribution >= 0.6 is 0 Å². The van der Waals surface area contributed by atoms with Crippen molar-refractivity contribution < 1.29 is 23.7 Å². The van der Waals surface area contributed by atoms with Crippen molar-refractivity contribution in [1.82, 2.24) is 10.2 Å². The number of rotatable bonds is 8. The smallest absolute Gasteiger partial charge is 0.338 e. The number of ether oxygens (including phenoxy) is 4. The highest BCUT2D eigenvalue weighted by molar-refractivity contribution is 5.91. The van der Waals surface area contributed by atoms with Crippen molar-refractivity contribution in [3.63, 3.8) is 0 Å². The van der Waals surface area contributed by atoms with Gasteiger partial charge in [-0.2, -0.15) is 0 Å². The molecule has 146 valence electrons. The van der Waals surface area contributed by atoms with Crippen molar-refractivity contribution in [2.75, 3.05) is 54.1 Å². The third kappa shape index (κ3) is 5.25. The van der Waals surface area contributed by atoms with Gasteiger partial charge in [0.15, 0.2) is 11.5 Å².